The van der Waals surface area contributed by atoms with Crippen LogP contribution < -0.4 is 10.5 Å². The van der Waals surface area contributed by atoms with Gasteiger partial charge in [0.2, 0.25) is 10.0 Å². The van der Waals surface area contributed by atoms with E-state index in [0.29, 0.717) is 17.4 Å². The molecule has 0 spiro atoms. The summed E-state index contributed by atoms with van der Waals surface area (Å²) in [4.78, 5) is 0.307. The van der Waals surface area contributed by atoms with Crippen LogP contribution in [0.15, 0.2) is 35.2 Å². The quantitative estimate of drug-likeness (QED) is 0.873. The van der Waals surface area contributed by atoms with Crippen molar-refractivity contribution in [3.05, 3.63) is 30.3 Å². The second kappa shape index (κ2) is 7.24. The highest BCUT2D eigenvalue weighted by atomic mass is 35.5. The van der Waals surface area contributed by atoms with Gasteiger partial charge in [0.25, 0.3) is 0 Å². The van der Waals surface area contributed by atoms with E-state index >= 15 is 0 Å². The number of nitrogens with one attached hydrogen (secondary N) is 1. The van der Waals surface area contributed by atoms with Gasteiger partial charge in [-0.2, -0.15) is 0 Å². The molecule has 0 heterocycles. The molecule has 2 rings (SSSR count). The summed E-state index contributed by atoms with van der Waals surface area (Å²) in [6.45, 7) is 0.358. The van der Waals surface area contributed by atoms with Crippen LogP contribution in [0.5, 0.6) is 0 Å². The molecular formula is C13H21ClN2O2S. The molecule has 0 amide bonds. The normalized spacial score (nSPS) is 17.9. The van der Waals surface area contributed by atoms with Crippen molar-refractivity contribution in [2.24, 2.45) is 11.7 Å². The van der Waals surface area contributed by atoms with Crippen LogP contribution in [-0.4, -0.2) is 21.0 Å². The van der Waals surface area contributed by atoms with E-state index in [2.05, 4.69) is 4.72 Å². The molecule has 0 saturated heterocycles. The summed E-state index contributed by atoms with van der Waals surface area (Å²) in [7, 11) is -3.44. The smallest absolute Gasteiger partial charge is 0.240 e. The predicted molar refractivity (Wildman–Crippen MR) is 78.8 cm³/mol. The maximum atomic E-state index is 12.2. The molecular weight excluding hydrogens is 284 g/mol. The van der Waals surface area contributed by atoms with Crippen LogP contribution in [0, 0.1) is 5.92 Å². The van der Waals surface area contributed by atoms with Crippen LogP contribution >= 0.6 is 12.4 Å². The lowest BCUT2D eigenvalue weighted by Crippen LogP contribution is -2.44. The molecule has 1 atom stereocenters. The molecule has 0 bridgehead atoms. The molecule has 3 N–H and O–H groups in total. The van der Waals surface area contributed by atoms with E-state index in [-0.39, 0.29) is 18.4 Å². The number of hydrogen-bond acceptors (Lipinski definition) is 3. The van der Waals surface area contributed by atoms with Crippen LogP contribution in [-0.2, 0) is 10.0 Å². The van der Waals surface area contributed by atoms with Crippen molar-refractivity contribution in [2.75, 3.05) is 6.54 Å². The number of halogens is 1. The van der Waals surface area contributed by atoms with Gasteiger partial charge in [-0.25, -0.2) is 13.1 Å². The first-order valence-electron chi connectivity index (χ1n) is 6.41. The highest BCUT2D eigenvalue weighted by Crippen LogP contribution is 2.28. The molecule has 0 aromatic heterocycles. The van der Waals surface area contributed by atoms with E-state index < -0.39 is 10.0 Å². The van der Waals surface area contributed by atoms with Crippen molar-refractivity contribution in [2.45, 2.75) is 36.6 Å². The van der Waals surface area contributed by atoms with Gasteiger partial charge in [0.05, 0.1) is 4.90 Å². The summed E-state index contributed by atoms with van der Waals surface area (Å²) in [5, 5.41) is 0. The third-order valence-electron chi connectivity index (χ3n) is 3.58. The fraction of sp³-hybridized carbons (Fsp3) is 0.538. The Bertz CT molecular complexity index is 473. The van der Waals surface area contributed by atoms with Crippen molar-refractivity contribution in [3.8, 4) is 0 Å². The monoisotopic (exact) mass is 304 g/mol. The van der Waals surface area contributed by atoms with Crippen LogP contribution in [0.1, 0.15) is 25.7 Å². The molecule has 4 nitrogen and oxygen atoms in total. The summed E-state index contributed by atoms with van der Waals surface area (Å²) in [5.74, 6) is 0.383. The van der Waals surface area contributed by atoms with Crippen molar-refractivity contribution in [3.63, 3.8) is 0 Å². The van der Waals surface area contributed by atoms with Gasteiger partial charge in [0.1, 0.15) is 0 Å². The molecule has 1 unspecified atom stereocenters. The van der Waals surface area contributed by atoms with Crippen LogP contribution in [0.4, 0.5) is 0 Å². The Morgan fingerprint density at radius 3 is 2.32 bits per heavy atom. The average molecular weight is 305 g/mol. The minimum Gasteiger partial charge on any atom is -0.329 e. The van der Waals surface area contributed by atoms with Gasteiger partial charge < -0.3 is 5.73 Å². The van der Waals surface area contributed by atoms with Crippen LogP contribution in [0.3, 0.4) is 0 Å². The third kappa shape index (κ3) is 4.18. The van der Waals surface area contributed by atoms with E-state index in [1.54, 1.807) is 30.3 Å². The Labute approximate surface area is 121 Å². The first-order valence-corrected chi connectivity index (χ1v) is 7.89. The molecule has 1 saturated carbocycles. The summed E-state index contributed by atoms with van der Waals surface area (Å²) in [6.07, 6.45) is 4.49. The Kier molecular flexibility index (Phi) is 6.26. The van der Waals surface area contributed by atoms with Crippen molar-refractivity contribution in [1.29, 1.82) is 0 Å². The van der Waals surface area contributed by atoms with Gasteiger partial charge in [-0.1, -0.05) is 31.0 Å². The van der Waals surface area contributed by atoms with Gasteiger partial charge in [-0.15, -0.1) is 12.4 Å². The Balaban J connectivity index is 0.00000180. The topological polar surface area (TPSA) is 72.2 Å². The minimum atomic E-state index is -3.44. The van der Waals surface area contributed by atoms with E-state index in [1.165, 1.54) is 12.8 Å². The number of rotatable bonds is 5. The average Bonchev–Trinajstić information content (AvgIpc) is 2.91. The van der Waals surface area contributed by atoms with E-state index in [1.807, 2.05) is 0 Å². The van der Waals surface area contributed by atoms with Gasteiger partial charge >= 0.3 is 0 Å². The van der Waals surface area contributed by atoms with E-state index in [0.717, 1.165) is 12.8 Å². The van der Waals surface area contributed by atoms with Gasteiger partial charge in [-0.05, 0) is 30.9 Å². The fourth-order valence-electron chi connectivity index (χ4n) is 2.56. The fourth-order valence-corrected chi connectivity index (χ4v) is 3.90. The molecule has 6 heteroatoms. The minimum absolute atomic E-state index is 0. The predicted octanol–water partition coefficient (Wildman–Crippen LogP) is 1.90. The Hall–Kier alpha value is -0.620. The maximum absolute atomic E-state index is 12.2. The first-order chi connectivity index (χ1) is 8.63. The molecule has 1 aliphatic carbocycles. The van der Waals surface area contributed by atoms with Gasteiger partial charge in [0, 0.05) is 12.6 Å². The molecule has 108 valence electrons. The first kappa shape index (κ1) is 16.4. The second-order valence-electron chi connectivity index (χ2n) is 4.82. The van der Waals surface area contributed by atoms with Gasteiger partial charge in [0.15, 0.2) is 0 Å². The number of nitrogens with two attached hydrogens (primary N) is 1. The van der Waals surface area contributed by atoms with Crippen LogP contribution in [0.2, 0.25) is 0 Å². The largest absolute Gasteiger partial charge is 0.329 e. The molecule has 0 aliphatic heterocycles. The highest BCUT2D eigenvalue weighted by Gasteiger charge is 2.28. The van der Waals surface area contributed by atoms with Crippen molar-refractivity contribution in [1.82, 2.24) is 4.72 Å². The molecule has 1 fully saturated rings. The SMILES string of the molecule is Cl.NCC(NS(=O)(=O)c1ccccc1)C1CCCC1. The lowest BCUT2D eigenvalue weighted by molar-refractivity contribution is 0.405. The van der Waals surface area contributed by atoms with Crippen molar-refractivity contribution >= 4 is 22.4 Å². The van der Waals surface area contributed by atoms with E-state index in [4.69, 9.17) is 5.73 Å². The van der Waals surface area contributed by atoms with E-state index in [9.17, 15) is 8.42 Å². The number of sulfonamides is 1. The second-order valence-corrected chi connectivity index (χ2v) is 6.54. The zero-order valence-corrected chi connectivity index (χ0v) is 12.4. The zero-order valence-electron chi connectivity index (χ0n) is 10.8. The highest BCUT2D eigenvalue weighted by molar-refractivity contribution is 7.89. The molecule has 1 aromatic rings. The lowest BCUT2D eigenvalue weighted by atomic mass is 9.99. The zero-order chi connectivity index (χ0) is 13.0. The molecule has 0 radical (unpaired) electrons. The molecule has 1 aromatic carbocycles. The summed E-state index contributed by atoms with van der Waals surface area (Å²) < 4.78 is 27.1. The third-order valence-corrected chi connectivity index (χ3v) is 5.09. The van der Waals surface area contributed by atoms with Crippen molar-refractivity contribution < 1.29 is 8.42 Å². The maximum Gasteiger partial charge on any atom is 0.240 e. The summed E-state index contributed by atoms with van der Waals surface area (Å²) in [5.41, 5.74) is 5.71. The standard InChI is InChI=1S/C13H20N2O2S.ClH/c14-10-13(11-6-4-5-7-11)15-18(16,17)12-8-2-1-3-9-12;/h1-3,8-9,11,13,15H,4-7,10,14H2;1H. The van der Waals surface area contributed by atoms with Gasteiger partial charge in [-0.3, -0.25) is 0 Å². The molecule has 19 heavy (non-hydrogen) atoms. The summed E-state index contributed by atoms with van der Waals surface area (Å²) >= 11 is 0. The Morgan fingerprint density at radius 2 is 1.79 bits per heavy atom. The lowest BCUT2D eigenvalue weighted by Gasteiger charge is -2.22. The number of hydrogen-bond donors (Lipinski definition) is 2. The summed E-state index contributed by atoms with van der Waals surface area (Å²) in [6, 6.07) is 8.31. The number of benzene rings is 1. The Morgan fingerprint density at radius 1 is 1.21 bits per heavy atom. The molecule has 1 aliphatic rings. The van der Waals surface area contributed by atoms with Crippen LogP contribution in [0.25, 0.3) is 0 Å².